The quantitative estimate of drug-likeness (QED) is 0.769. The predicted molar refractivity (Wildman–Crippen MR) is 101 cm³/mol. The highest BCUT2D eigenvalue weighted by Crippen LogP contribution is 2.28. The van der Waals surface area contributed by atoms with E-state index in [1.54, 1.807) is 19.1 Å². The first-order valence-electron chi connectivity index (χ1n) is 8.28. The van der Waals surface area contributed by atoms with Gasteiger partial charge in [0.2, 0.25) is 0 Å². The number of nitrogens with one attached hydrogen (secondary N) is 1. The molecular weight excluding hydrogens is 354 g/mol. The zero-order chi connectivity index (χ0) is 19.5. The maximum absolute atomic E-state index is 12.9. The minimum Gasteiger partial charge on any atom is -0.478 e. The van der Waals surface area contributed by atoms with Gasteiger partial charge < -0.3 is 10.0 Å². The molecule has 0 aliphatic carbocycles. The van der Waals surface area contributed by atoms with E-state index in [2.05, 4.69) is 9.71 Å². The Hall–Kier alpha value is -2.61. The van der Waals surface area contributed by atoms with Gasteiger partial charge in [0.1, 0.15) is 0 Å². The molecule has 26 heavy (non-hydrogen) atoms. The average Bonchev–Trinajstić information content (AvgIpc) is 2.58. The fourth-order valence-corrected chi connectivity index (χ4v) is 4.00. The number of carboxylic acid groups (broad SMARTS) is 1. The van der Waals surface area contributed by atoms with Crippen molar-refractivity contribution < 1.29 is 18.3 Å². The van der Waals surface area contributed by atoms with Crippen molar-refractivity contribution in [3.8, 4) is 0 Å². The van der Waals surface area contributed by atoms with Gasteiger partial charge in [0.15, 0.2) is 5.82 Å². The van der Waals surface area contributed by atoms with E-state index in [0.29, 0.717) is 24.5 Å². The molecule has 2 aromatic rings. The van der Waals surface area contributed by atoms with Crippen molar-refractivity contribution >= 4 is 27.5 Å². The lowest BCUT2D eigenvalue weighted by Crippen LogP contribution is -2.26. The molecule has 0 fully saturated rings. The lowest BCUT2D eigenvalue weighted by atomic mass is 10.2. The summed E-state index contributed by atoms with van der Waals surface area (Å²) in [6.45, 7) is 8.57. The van der Waals surface area contributed by atoms with Crippen molar-refractivity contribution in [2.24, 2.45) is 0 Å². The van der Waals surface area contributed by atoms with Crippen LogP contribution in [0.4, 0.5) is 11.5 Å². The summed E-state index contributed by atoms with van der Waals surface area (Å²) in [6, 6.07) is 6.46. The zero-order valence-corrected chi connectivity index (χ0v) is 16.1. The maximum Gasteiger partial charge on any atom is 0.337 e. The molecule has 0 spiro atoms. The molecular formula is C18H23N3O4S. The van der Waals surface area contributed by atoms with Crippen LogP contribution < -0.4 is 9.62 Å². The van der Waals surface area contributed by atoms with Gasteiger partial charge in [-0.25, -0.2) is 18.2 Å². The van der Waals surface area contributed by atoms with Crippen LogP contribution in [0.25, 0.3) is 0 Å². The Kier molecular flexibility index (Phi) is 5.86. The molecule has 0 atom stereocenters. The summed E-state index contributed by atoms with van der Waals surface area (Å²) in [4.78, 5) is 17.5. The second-order valence-electron chi connectivity index (χ2n) is 5.95. The van der Waals surface area contributed by atoms with E-state index in [4.69, 9.17) is 0 Å². The Balaban J connectivity index is 2.57. The molecule has 0 radical (unpaired) electrons. The highest BCUT2D eigenvalue weighted by molar-refractivity contribution is 7.92. The lowest BCUT2D eigenvalue weighted by molar-refractivity contribution is 0.0696. The lowest BCUT2D eigenvalue weighted by Gasteiger charge is -2.23. The smallest absolute Gasteiger partial charge is 0.337 e. The molecule has 1 heterocycles. The van der Waals surface area contributed by atoms with E-state index in [-0.39, 0.29) is 16.1 Å². The summed E-state index contributed by atoms with van der Waals surface area (Å²) in [6.07, 6.45) is 1.23. The van der Waals surface area contributed by atoms with Crippen molar-refractivity contribution in [2.45, 2.75) is 32.6 Å². The molecule has 8 heteroatoms. The van der Waals surface area contributed by atoms with Crippen LogP contribution in [0, 0.1) is 13.8 Å². The third-order valence-electron chi connectivity index (χ3n) is 4.05. The fraction of sp³-hybridized carbons (Fsp3) is 0.333. The molecule has 140 valence electrons. The minimum atomic E-state index is -3.89. The summed E-state index contributed by atoms with van der Waals surface area (Å²) in [5.74, 6) is -0.773. The average molecular weight is 377 g/mol. The summed E-state index contributed by atoms with van der Waals surface area (Å²) in [5, 5.41) is 9.22. The van der Waals surface area contributed by atoms with Gasteiger partial charge in [-0.15, -0.1) is 0 Å². The number of nitrogens with zero attached hydrogens (tertiary/aromatic N) is 2. The van der Waals surface area contributed by atoms with Crippen molar-refractivity contribution in [3.05, 3.63) is 47.2 Å². The van der Waals surface area contributed by atoms with Gasteiger partial charge in [-0.2, -0.15) is 0 Å². The van der Waals surface area contributed by atoms with Gasteiger partial charge in [-0.05, 0) is 51.0 Å². The van der Waals surface area contributed by atoms with Gasteiger partial charge in [0, 0.05) is 19.3 Å². The monoisotopic (exact) mass is 377 g/mol. The molecule has 0 saturated carbocycles. The Bertz CT molecular complexity index is 922. The number of hydrogen-bond acceptors (Lipinski definition) is 5. The second-order valence-corrected chi connectivity index (χ2v) is 7.60. The van der Waals surface area contributed by atoms with Crippen LogP contribution >= 0.6 is 0 Å². The van der Waals surface area contributed by atoms with Crippen molar-refractivity contribution in [1.82, 2.24) is 4.98 Å². The molecule has 0 amide bonds. The normalized spacial score (nSPS) is 11.2. The third kappa shape index (κ3) is 4.13. The van der Waals surface area contributed by atoms with E-state index in [1.165, 1.54) is 12.3 Å². The number of pyridine rings is 1. The summed E-state index contributed by atoms with van der Waals surface area (Å²) < 4.78 is 28.3. The van der Waals surface area contributed by atoms with Gasteiger partial charge in [0.25, 0.3) is 10.0 Å². The first-order valence-corrected chi connectivity index (χ1v) is 9.76. The number of benzene rings is 1. The van der Waals surface area contributed by atoms with Crippen LogP contribution in [-0.4, -0.2) is 37.6 Å². The molecule has 1 aromatic carbocycles. The number of aromatic nitrogens is 1. The Morgan fingerprint density at radius 3 is 2.42 bits per heavy atom. The fourth-order valence-electron chi connectivity index (χ4n) is 2.62. The molecule has 2 rings (SSSR count). The topological polar surface area (TPSA) is 99.6 Å². The molecule has 0 unspecified atom stereocenters. The number of hydrogen-bond donors (Lipinski definition) is 2. The maximum atomic E-state index is 12.9. The molecule has 7 nitrogen and oxygen atoms in total. The van der Waals surface area contributed by atoms with Crippen LogP contribution in [0.2, 0.25) is 0 Å². The van der Waals surface area contributed by atoms with E-state index in [1.807, 2.05) is 31.7 Å². The van der Waals surface area contributed by atoms with Crippen molar-refractivity contribution in [2.75, 3.05) is 22.7 Å². The summed E-state index contributed by atoms with van der Waals surface area (Å²) in [7, 11) is -3.89. The molecule has 2 N–H and O–H groups in total. The predicted octanol–water partition coefficient (Wildman–Crippen LogP) is 3.04. The number of sulfonamides is 1. The van der Waals surface area contributed by atoms with Crippen molar-refractivity contribution in [1.29, 1.82) is 0 Å². The number of aromatic carboxylic acids is 1. The van der Waals surface area contributed by atoms with Gasteiger partial charge in [-0.3, -0.25) is 4.72 Å². The van der Waals surface area contributed by atoms with E-state index in [9.17, 15) is 18.3 Å². The number of aryl methyl sites for hydroxylation is 2. The Morgan fingerprint density at radius 2 is 1.85 bits per heavy atom. The highest BCUT2D eigenvalue weighted by atomic mass is 32.2. The number of rotatable bonds is 7. The summed E-state index contributed by atoms with van der Waals surface area (Å²) in [5.41, 5.74) is 1.49. The van der Waals surface area contributed by atoms with Crippen LogP contribution in [0.1, 0.15) is 35.3 Å². The van der Waals surface area contributed by atoms with E-state index in [0.717, 1.165) is 5.56 Å². The SMILES string of the molecule is CCN(CC)c1ncc(C(=O)O)cc1NS(=O)(=O)c1cc(C)ccc1C. The van der Waals surface area contributed by atoms with Crippen LogP contribution in [-0.2, 0) is 10.0 Å². The van der Waals surface area contributed by atoms with Crippen molar-refractivity contribution in [3.63, 3.8) is 0 Å². The second kappa shape index (κ2) is 7.74. The van der Waals surface area contributed by atoms with Gasteiger partial charge in [-0.1, -0.05) is 12.1 Å². The minimum absolute atomic E-state index is 0.0837. The van der Waals surface area contributed by atoms with Crippen LogP contribution in [0.15, 0.2) is 35.4 Å². The first kappa shape index (κ1) is 19.7. The Labute approximate surface area is 153 Å². The standard InChI is InChI=1S/C18H23N3O4S/c1-5-21(6-2)17-15(10-14(11-19-17)18(22)23)20-26(24,25)16-9-12(3)7-8-13(16)4/h7-11,20H,5-6H2,1-4H3,(H,22,23). The summed E-state index contributed by atoms with van der Waals surface area (Å²) >= 11 is 0. The number of carboxylic acids is 1. The largest absolute Gasteiger partial charge is 0.478 e. The number of anilines is 2. The molecule has 0 saturated heterocycles. The van der Waals surface area contributed by atoms with Crippen LogP contribution in [0.3, 0.4) is 0 Å². The highest BCUT2D eigenvalue weighted by Gasteiger charge is 2.22. The third-order valence-corrected chi connectivity index (χ3v) is 5.56. The first-order chi connectivity index (χ1) is 12.2. The molecule has 1 aromatic heterocycles. The van der Waals surface area contributed by atoms with Crippen LogP contribution in [0.5, 0.6) is 0 Å². The molecule has 0 aliphatic rings. The van der Waals surface area contributed by atoms with E-state index >= 15 is 0 Å². The van der Waals surface area contributed by atoms with E-state index < -0.39 is 16.0 Å². The molecule has 0 aliphatic heterocycles. The van der Waals surface area contributed by atoms with Gasteiger partial charge in [0.05, 0.1) is 16.1 Å². The Morgan fingerprint density at radius 1 is 1.19 bits per heavy atom. The number of carbonyl (C=O) groups is 1. The van der Waals surface area contributed by atoms with Gasteiger partial charge >= 0.3 is 5.97 Å². The molecule has 0 bridgehead atoms. The zero-order valence-electron chi connectivity index (χ0n) is 15.3.